The van der Waals surface area contributed by atoms with Crippen molar-refractivity contribution in [3.8, 4) is 0 Å². The molecule has 6 heteroatoms. The average Bonchev–Trinajstić information content (AvgIpc) is 3.33. The largest absolute Gasteiger partial charge is 0.352 e. The molecule has 0 atom stereocenters. The highest BCUT2D eigenvalue weighted by molar-refractivity contribution is 6.13. The maximum atomic E-state index is 12.4. The summed E-state index contributed by atoms with van der Waals surface area (Å²) in [5.41, 5.74) is 0.270. The molecule has 1 aromatic carbocycles. The van der Waals surface area contributed by atoms with Crippen molar-refractivity contribution in [2.75, 3.05) is 10.6 Å². The van der Waals surface area contributed by atoms with Gasteiger partial charge in [0.25, 0.3) is 0 Å². The van der Waals surface area contributed by atoms with Crippen LogP contribution in [0.25, 0.3) is 0 Å². The van der Waals surface area contributed by atoms with Gasteiger partial charge in [-0.1, -0.05) is 6.07 Å². The fourth-order valence-corrected chi connectivity index (χ4v) is 2.36. The molecule has 0 aromatic heterocycles. The zero-order chi connectivity index (χ0) is 15.7. The molecule has 0 spiro atoms. The van der Waals surface area contributed by atoms with E-state index in [1.165, 1.54) is 6.92 Å². The Balaban J connectivity index is 1.66. The third-order valence-corrected chi connectivity index (χ3v) is 3.97. The molecule has 2 aliphatic carbocycles. The van der Waals surface area contributed by atoms with Gasteiger partial charge in [0.05, 0.1) is 0 Å². The zero-order valence-electron chi connectivity index (χ0n) is 12.4. The van der Waals surface area contributed by atoms with E-state index >= 15 is 0 Å². The second kappa shape index (κ2) is 5.44. The number of nitrogens with one attached hydrogen (secondary N) is 3. The topological polar surface area (TPSA) is 87.3 Å². The number of hydrogen-bond donors (Lipinski definition) is 3. The molecule has 0 unspecified atom stereocenters. The molecule has 0 saturated heterocycles. The summed E-state index contributed by atoms with van der Waals surface area (Å²) in [5, 5.41) is 8.35. The van der Waals surface area contributed by atoms with Gasteiger partial charge < -0.3 is 16.0 Å². The van der Waals surface area contributed by atoms with Crippen LogP contribution >= 0.6 is 0 Å². The smallest absolute Gasteiger partial charge is 0.240 e. The quantitative estimate of drug-likeness (QED) is 0.723. The van der Waals surface area contributed by atoms with Gasteiger partial charge in [0.15, 0.2) is 0 Å². The van der Waals surface area contributed by atoms with Gasteiger partial charge in [-0.3, -0.25) is 14.4 Å². The van der Waals surface area contributed by atoms with E-state index in [0.717, 1.165) is 12.8 Å². The van der Waals surface area contributed by atoms with Crippen molar-refractivity contribution in [2.45, 2.75) is 38.6 Å². The SMILES string of the molecule is CC(=O)Nc1cccc(NC(=O)C2(C(=O)NC3CC3)CC2)c1. The third-order valence-electron chi connectivity index (χ3n) is 3.97. The Hall–Kier alpha value is -2.37. The Labute approximate surface area is 128 Å². The Kier molecular flexibility index (Phi) is 3.60. The van der Waals surface area contributed by atoms with Gasteiger partial charge in [0, 0.05) is 24.3 Å². The van der Waals surface area contributed by atoms with E-state index in [1.54, 1.807) is 24.3 Å². The molecule has 1 aromatic rings. The molecular formula is C16H19N3O3. The summed E-state index contributed by atoms with van der Waals surface area (Å²) in [6.07, 6.45) is 3.18. The van der Waals surface area contributed by atoms with E-state index in [1.807, 2.05) is 0 Å². The van der Waals surface area contributed by atoms with Crippen molar-refractivity contribution in [2.24, 2.45) is 5.41 Å². The highest BCUT2D eigenvalue weighted by Gasteiger charge is 2.57. The average molecular weight is 301 g/mol. The predicted octanol–water partition coefficient (Wildman–Crippen LogP) is 1.64. The molecule has 116 valence electrons. The van der Waals surface area contributed by atoms with Crippen LogP contribution < -0.4 is 16.0 Å². The number of anilines is 2. The molecule has 3 amide bonds. The van der Waals surface area contributed by atoms with E-state index in [-0.39, 0.29) is 23.8 Å². The molecule has 2 aliphatic rings. The molecule has 22 heavy (non-hydrogen) atoms. The lowest BCUT2D eigenvalue weighted by atomic mass is 10.0. The van der Waals surface area contributed by atoms with Crippen molar-refractivity contribution in [1.82, 2.24) is 5.32 Å². The standard InChI is InChI=1S/C16H19N3O3/c1-10(20)17-12-3-2-4-13(9-12)19-15(22)16(7-8-16)14(21)18-11-5-6-11/h2-4,9,11H,5-8H2,1H3,(H,17,20)(H,18,21)(H,19,22). The fourth-order valence-electron chi connectivity index (χ4n) is 2.36. The summed E-state index contributed by atoms with van der Waals surface area (Å²) in [5.74, 6) is -0.609. The van der Waals surface area contributed by atoms with Crippen molar-refractivity contribution < 1.29 is 14.4 Å². The Bertz CT molecular complexity index is 633. The van der Waals surface area contributed by atoms with E-state index in [2.05, 4.69) is 16.0 Å². The minimum absolute atomic E-state index is 0.162. The number of rotatable bonds is 5. The minimum Gasteiger partial charge on any atom is -0.352 e. The van der Waals surface area contributed by atoms with Crippen molar-refractivity contribution in [3.63, 3.8) is 0 Å². The number of hydrogen-bond acceptors (Lipinski definition) is 3. The minimum atomic E-state index is -0.910. The van der Waals surface area contributed by atoms with Crippen LogP contribution in [-0.2, 0) is 14.4 Å². The van der Waals surface area contributed by atoms with Crippen LogP contribution in [0.4, 0.5) is 11.4 Å². The lowest BCUT2D eigenvalue weighted by molar-refractivity contribution is -0.134. The lowest BCUT2D eigenvalue weighted by Gasteiger charge is -2.15. The molecular weight excluding hydrogens is 282 g/mol. The fraction of sp³-hybridized carbons (Fsp3) is 0.438. The van der Waals surface area contributed by atoms with E-state index < -0.39 is 5.41 Å². The van der Waals surface area contributed by atoms with Gasteiger partial charge >= 0.3 is 0 Å². The van der Waals surface area contributed by atoms with Crippen LogP contribution in [0, 0.1) is 5.41 Å². The molecule has 2 saturated carbocycles. The summed E-state index contributed by atoms with van der Waals surface area (Å²) in [6.45, 7) is 1.42. The van der Waals surface area contributed by atoms with Crippen LogP contribution in [0.5, 0.6) is 0 Å². The first-order chi connectivity index (χ1) is 10.5. The highest BCUT2D eigenvalue weighted by atomic mass is 16.2. The molecule has 0 aliphatic heterocycles. The van der Waals surface area contributed by atoms with Crippen LogP contribution in [0.2, 0.25) is 0 Å². The van der Waals surface area contributed by atoms with E-state index in [4.69, 9.17) is 0 Å². The summed E-state index contributed by atoms with van der Waals surface area (Å²) >= 11 is 0. The molecule has 2 fully saturated rings. The molecule has 0 heterocycles. The maximum absolute atomic E-state index is 12.4. The van der Waals surface area contributed by atoms with E-state index in [0.29, 0.717) is 24.2 Å². The second-order valence-electron chi connectivity index (χ2n) is 6.05. The monoisotopic (exact) mass is 301 g/mol. The van der Waals surface area contributed by atoms with Crippen molar-refractivity contribution in [3.05, 3.63) is 24.3 Å². The van der Waals surface area contributed by atoms with Crippen molar-refractivity contribution in [1.29, 1.82) is 0 Å². The first-order valence-electron chi connectivity index (χ1n) is 7.50. The zero-order valence-corrected chi connectivity index (χ0v) is 12.4. The Morgan fingerprint density at radius 1 is 1.05 bits per heavy atom. The van der Waals surface area contributed by atoms with Crippen LogP contribution in [0.1, 0.15) is 32.6 Å². The van der Waals surface area contributed by atoms with Gasteiger partial charge in [-0.25, -0.2) is 0 Å². The van der Waals surface area contributed by atoms with E-state index in [9.17, 15) is 14.4 Å². The summed E-state index contributed by atoms with van der Waals surface area (Å²) in [4.78, 5) is 35.7. The lowest BCUT2D eigenvalue weighted by Crippen LogP contribution is -2.40. The van der Waals surface area contributed by atoms with Crippen molar-refractivity contribution >= 4 is 29.1 Å². The molecule has 6 nitrogen and oxygen atoms in total. The summed E-state index contributed by atoms with van der Waals surface area (Å²) in [6, 6.07) is 7.14. The predicted molar refractivity (Wildman–Crippen MR) is 82.2 cm³/mol. The molecule has 3 N–H and O–H groups in total. The highest BCUT2D eigenvalue weighted by Crippen LogP contribution is 2.47. The third kappa shape index (κ3) is 3.10. The maximum Gasteiger partial charge on any atom is 0.240 e. The number of benzene rings is 1. The Morgan fingerprint density at radius 2 is 1.68 bits per heavy atom. The van der Waals surface area contributed by atoms with Crippen LogP contribution in [0.15, 0.2) is 24.3 Å². The number of carbonyl (C=O) groups is 3. The molecule has 0 radical (unpaired) electrons. The Morgan fingerprint density at radius 3 is 2.23 bits per heavy atom. The van der Waals surface area contributed by atoms with Gasteiger partial charge in [0.2, 0.25) is 17.7 Å². The second-order valence-corrected chi connectivity index (χ2v) is 6.05. The normalized spacial score (nSPS) is 18.2. The molecule has 0 bridgehead atoms. The first-order valence-corrected chi connectivity index (χ1v) is 7.50. The van der Waals surface area contributed by atoms with Crippen LogP contribution in [-0.4, -0.2) is 23.8 Å². The van der Waals surface area contributed by atoms with Crippen LogP contribution in [0.3, 0.4) is 0 Å². The number of carbonyl (C=O) groups excluding carboxylic acids is 3. The van der Waals surface area contributed by atoms with Gasteiger partial charge in [0.1, 0.15) is 5.41 Å². The molecule has 3 rings (SSSR count). The number of amides is 3. The summed E-state index contributed by atoms with van der Waals surface area (Å²) in [7, 11) is 0. The van der Waals surface area contributed by atoms with Gasteiger partial charge in [-0.15, -0.1) is 0 Å². The summed E-state index contributed by atoms with van der Waals surface area (Å²) < 4.78 is 0. The van der Waals surface area contributed by atoms with Gasteiger partial charge in [-0.2, -0.15) is 0 Å². The van der Waals surface area contributed by atoms with Gasteiger partial charge in [-0.05, 0) is 43.9 Å². The first kappa shape index (κ1) is 14.6.